The summed E-state index contributed by atoms with van der Waals surface area (Å²) in [4.78, 5) is 13.1. The minimum atomic E-state index is -2.24. The monoisotopic (exact) mass is 653 g/mol. The average Bonchev–Trinajstić information content (AvgIpc) is 3.52. The molecule has 6 aromatic carbocycles. The molecule has 0 aliphatic carbocycles. The number of benzene rings is 6. The molecule has 49 heavy (non-hydrogen) atoms. The van der Waals surface area contributed by atoms with Crippen LogP contribution in [0.4, 0.5) is 34.3 Å². The molecule has 0 fully saturated rings. The molecule has 5 heteroatoms. The van der Waals surface area contributed by atoms with E-state index >= 15 is 0 Å². The highest BCUT2D eigenvalue weighted by atomic mass is 32.2. The quantitative estimate of drug-likeness (QED) is 0.184. The van der Waals surface area contributed by atoms with Crippen LogP contribution in [-0.4, -0.2) is 18.6 Å². The molecule has 0 bridgehead atoms. The molecule has 7 aromatic rings. The van der Waals surface area contributed by atoms with Gasteiger partial charge in [0, 0.05) is 49.5 Å². The zero-order valence-corrected chi connectivity index (χ0v) is 27.7. The van der Waals surface area contributed by atoms with Crippen LogP contribution >= 0.6 is 11.8 Å². The van der Waals surface area contributed by atoms with Crippen molar-refractivity contribution in [3.8, 4) is 33.4 Å². The fourth-order valence-electron chi connectivity index (χ4n) is 7.08. The maximum Gasteiger partial charge on any atom is 0.137 e. The molecule has 0 unspecified atom stereocenters. The Balaban J connectivity index is 1.14. The second-order valence-corrected chi connectivity index (χ2v) is 13.5. The summed E-state index contributed by atoms with van der Waals surface area (Å²) in [7, 11) is 0. The summed E-state index contributed by atoms with van der Waals surface area (Å²) in [5.41, 5.74) is 12.7. The number of anilines is 6. The molecular formula is C44H34N4S. The molecule has 0 N–H and O–H groups in total. The van der Waals surface area contributed by atoms with Crippen LogP contribution in [-0.2, 0) is 0 Å². The van der Waals surface area contributed by atoms with Gasteiger partial charge < -0.3 is 9.80 Å². The van der Waals surface area contributed by atoms with Gasteiger partial charge >= 0.3 is 0 Å². The lowest BCUT2D eigenvalue weighted by Crippen LogP contribution is -2.23. The van der Waals surface area contributed by atoms with Crippen molar-refractivity contribution < 1.29 is 4.11 Å². The Labute approximate surface area is 296 Å². The first-order chi connectivity index (χ1) is 25.3. The topological polar surface area (TPSA) is 22.6 Å². The van der Waals surface area contributed by atoms with Gasteiger partial charge in [-0.2, -0.15) is 0 Å². The third kappa shape index (κ3) is 5.14. The van der Waals surface area contributed by atoms with E-state index in [2.05, 4.69) is 126 Å². The third-order valence-electron chi connectivity index (χ3n) is 9.38. The van der Waals surface area contributed by atoms with E-state index in [-0.39, 0.29) is 6.67 Å². The Morgan fingerprint density at radius 3 is 2.02 bits per heavy atom. The number of aromatic nitrogens is 1. The summed E-state index contributed by atoms with van der Waals surface area (Å²) < 4.78 is 24.4. The van der Waals surface area contributed by atoms with Gasteiger partial charge in [-0.25, -0.2) is 4.98 Å². The van der Waals surface area contributed by atoms with E-state index in [1.807, 2.05) is 48.7 Å². The van der Waals surface area contributed by atoms with Gasteiger partial charge in [-0.15, -0.1) is 0 Å². The predicted octanol–water partition coefficient (Wildman–Crippen LogP) is 11.9. The fraction of sp³-hybridized carbons (Fsp3) is 0.0682. The Morgan fingerprint density at radius 1 is 0.571 bits per heavy atom. The van der Waals surface area contributed by atoms with Crippen molar-refractivity contribution in [3.05, 3.63) is 163 Å². The van der Waals surface area contributed by atoms with Crippen molar-refractivity contribution in [1.82, 2.24) is 4.98 Å². The maximum absolute atomic E-state index is 8.15. The first-order valence-electron chi connectivity index (χ1n) is 17.9. The number of hydrogen-bond donors (Lipinski definition) is 0. The van der Waals surface area contributed by atoms with Crippen LogP contribution in [0.2, 0.25) is 0 Å². The molecule has 0 spiro atoms. The van der Waals surface area contributed by atoms with E-state index in [0.717, 1.165) is 66.2 Å². The van der Waals surface area contributed by atoms with E-state index in [1.54, 1.807) is 11.8 Å². The van der Waals surface area contributed by atoms with Gasteiger partial charge in [0.25, 0.3) is 0 Å². The molecule has 0 atom stereocenters. The predicted molar refractivity (Wildman–Crippen MR) is 206 cm³/mol. The first-order valence-corrected chi connectivity index (χ1v) is 17.2. The van der Waals surface area contributed by atoms with Crippen LogP contribution in [0.25, 0.3) is 33.4 Å². The van der Waals surface area contributed by atoms with Crippen molar-refractivity contribution in [1.29, 1.82) is 0 Å². The number of para-hydroxylation sites is 3. The molecule has 3 heterocycles. The maximum atomic E-state index is 8.15. The summed E-state index contributed by atoms with van der Waals surface area (Å²) in [5, 5.41) is 0. The van der Waals surface area contributed by atoms with Gasteiger partial charge in [0.15, 0.2) is 0 Å². The highest BCUT2D eigenvalue weighted by Crippen LogP contribution is 2.52. The molecule has 2 aliphatic rings. The molecule has 236 valence electrons. The molecule has 0 saturated carbocycles. The summed E-state index contributed by atoms with van der Waals surface area (Å²) in [6.07, 6.45) is 1.99. The van der Waals surface area contributed by atoms with E-state index in [9.17, 15) is 0 Å². The van der Waals surface area contributed by atoms with Crippen LogP contribution in [0.3, 0.4) is 0 Å². The van der Waals surface area contributed by atoms with Crippen molar-refractivity contribution in [2.45, 2.75) is 16.7 Å². The summed E-state index contributed by atoms with van der Waals surface area (Å²) in [6.45, 7) is 0.172. The van der Waals surface area contributed by atoms with E-state index in [1.165, 1.54) is 16.0 Å². The Kier molecular flexibility index (Phi) is 6.43. The number of aryl methyl sites for hydroxylation is 1. The smallest absolute Gasteiger partial charge is 0.137 e. The molecule has 0 radical (unpaired) electrons. The highest BCUT2D eigenvalue weighted by molar-refractivity contribution is 7.99. The standard InChI is InChI=1S/C44H34N4S/c1-30-25-44(45-28-39(30)31-13-4-3-5-14-31)48-40-20-9-8-19-37(40)35-17-6-7-18-36(35)38-24-23-34(27-43(38)48)49-33-16-12-15-32(26-33)47-29-46(2)41-21-10-11-22-42(41)47/h3-28H,29H2,1-2H3/i2D3. The Bertz CT molecular complexity index is 2460. The zero-order chi connectivity index (χ0) is 35.4. The molecule has 1 aromatic heterocycles. The average molecular weight is 654 g/mol. The zero-order valence-electron chi connectivity index (χ0n) is 29.9. The SMILES string of the molecule is [2H]C([2H])([2H])N1CN(c2cccc(Sc3ccc4c(c3)N(c3cc(C)c(-c5ccccc5)cn3)c3ccccc3-c3ccccc3-4)c2)c2ccccc21. The van der Waals surface area contributed by atoms with E-state index < -0.39 is 6.98 Å². The van der Waals surface area contributed by atoms with Crippen molar-refractivity contribution in [2.24, 2.45) is 0 Å². The Morgan fingerprint density at radius 2 is 1.24 bits per heavy atom. The first kappa shape index (κ1) is 26.2. The number of nitrogens with zero attached hydrogens (tertiary/aromatic N) is 4. The summed E-state index contributed by atoms with van der Waals surface area (Å²) >= 11 is 1.69. The van der Waals surface area contributed by atoms with Gasteiger partial charge in [0.1, 0.15) is 5.82 Å². The molecule has 4 nitrogen and oxygen atoms in total. The van der Waals surface area contributed by atoms with Crippen LogP contribution in [0, 0.1) is 6.92 Å². The van der Waals surface area contributed by atoms with Gasteiger partial charge in [-0.1, -0.05) is 109 Å². The van der Waals surface area contributed by atoms with Gasteiger partial charge in [-0.05, 0) is 83.8 Å². The molecule has 0 amide bonds. The third-order valence-corrected chi connectivity index (χ3v) is 10.4. The largest absolute Gasteiger partial charge is 0.355 e. The fourth-order valence-corrected chi connectivity index (χ4v) is 7.99. The van der Waals surface area contributed by atoms with Gasteiger partial charge in [0.2, 0.25) is 0 Å². The van der Waals surface area contributed by atoms with Crippen molar-refractivity contribution in [2.75, 3.05) is 28.3 Å². The molecule has 0 saturated heterocycles. The summed E-state index contributed by atoms with van der Waals surface area (Å²) in [6, 6.07) is 52.6. The van der Waals surface area contributed by atoms with Crippen LogP contribution in [0.15, 0.2) is 168 Å². The summed E-state index contributed by atoms with van der Waals surface area (Å²) in [5.74, 6) is 0.856. The number of pyridine rings is 1. The van der Waals surface area contributed by atoms with Crippen LogP contribution in [0.5, 0.6) is 0 Å². The normalized spacial score (nSPS) is 14.1. The second kappa shape index (κ2) is 12.0. The molecule has 2 aliphatic heterocycles. The second-order valence-electron chi connectivity index (χ2n) is 12.4. The minimum absolute atomic E-state index is 0.256. The molecule has 9 rings (SSSR count). The number of fused-ring (bicyclic) bond motifs is 6. The van der Waals surface area contributed by atoms with Gasteiger partial charge in [0.05, 0.1) is 29.4 Å². The number of hydrogen-bond acceptors (Lipinski definition) is 5. The minimum Gasteiger partial charge on any atom is -0.355 e. The van der Waals surface area contributed by atoms with Crippen LogP contribution in [0.1, 0.15) is 9.68 Å². The van der Waals surface area contributed by atoms with E-state index in [0.29, 0.717) is 5.69 Å². The lowest BCUT2D eigenvalue weighted by molar-refractivity contribution is 0.948. The van der Waals surface area contributed by atoms with Crippen molar-refractivity contribution >= 4 is 46.0 Å². The van der Waals surface area contributed by atoms with Crippen LogP contribution < -0.4 is 14.7 Å². The lowest BCUT2D eigenvalue weighted by atomic mass is 9.95. The van der Waals surface area contributed by atoms with Gasteiger partial charge in [-0.3, -0.25) is 4.90 Å². The molecular weight excluding hydrogens is 617 g/mol. The Hall–Kier alpha value is -5.78. The van der Waals surface area contributed by atoms with E-state index in [4.69, 9.17) is 9.10 Å². The number of rotatable bonds is 5. The highest BCUT2D eigenvalue weighted by Gasteiger charge is 2.28. The lowest BCUT2D eigenvalue weighted by Gasteiger charge is -2.27. The van der Waals surface area contributed by atoms with Crippen molar-refractivity contribution in [3.63, 3.8) is 0 Å².